The van der Waals surface area contributed by atoms with Gasteiger partial charge >= 0.3 is 0 Å². The minimum Gasteiger partial charge on any atom is -0.492 e. The minimum absolute atomic E-state index is 0.0903. The molecular weight excluding hydrogens is 264 g/mol. The van der Waals surface area contributed by atoms with Crippen molar-refractivity contribution in [3.05, 3.63) is 54.6 Å². The molecule has 1 atom stereocenters. The first-order valence-electron chi connectivity index (χ1n) is 7.05. The Morgan fingerprint density at radius 2 is 1.76 bits per heavy atom. The topological polar surface area (TPSA) is 50.4 Å². The lowest BCUT2D eigenvalue weighted by molar-refractivity contribution is -0.116. The number of benzene rings is 2. The van der Waals surface area contributed by atoms with Crippen molar-refractivity contribution in [1.82, 2.24) is 0 Å². The third-order valence-corrected chi connectivity index (χ3v) is 2.99. The number of hydrogen-bond acceptors (Lipinski definition) is 3. The number of amides is 1. The largest absolute Gasteiger partial charge is 0.492 e. The molecule has 0 radical (unpaired) electrons. The Morgan fingerprint density at radius 1 is 1.10 bits per heavy atom. The summed E-state index contributed by atoms with van der Waals surface area (Å²) in [6, 6.07) is 16.6. The second-order valence-corrected chi connectivity index (χ2v) is 4.65. The summed E-state index contributed by atoms with van der Waals surface area (Å²) in [7, 11) is 0. The van der Waals surface area contributed by atoms with E-state index in [-0.39, 0.29) is 11.9 Å². The lowest BCUT2D eigenvalue weighted by Crippen LogP contribution is -2.32. The van der Waals surface area contributed by atoms with Gasteiger partial charge in [-0.1, -0.05) is 30.3 Å². The molecule has 1 amide bonds. The molecule has 0 saturated heterocycles. The number of ether oxygens (including phenoxy) is 1. The molecule has 2 N–H and O–H groups in total. The predicted molar refractivity (Wildman–Crippen MR) is 85.8 cm³/mol. The second kappa shape index (κ2) is 7.33. The summed E-state index contributed by atoms with van der Waals surface area (Å²) in [5, 5.41) is 6.05. The van der Waals surface area contributed by atoms with Gasteiger partial charge < -0.3 is 15.4 Å². The summed E-state index contributed by atoms with van der Waals surface area (Å²) >= 11 is 0. The highest BCUT2D eigenvalue weighted by Crippen LogP contribution is 2.24. The van der Waals surface area contributed by atoms with Crippen molar-refractivity contribution in [3.8, 4) is 5.75 Å². The van der Waals surface area contributed by atoms with E-state index in [0.29, 0.717) is 6.61 Å². The molecule has 0 aliphatic carbocycles. The van der Waals surface area contributed by atoms with Gasteiger partial charge in [0.1, 0.15) is 11.8 Å². The Morgan fingerprint density at radius 3 is 2.48 bits per heavy atom. The number of hydrogen-bond donors (Lipinski definition) is 2. The normalized spacial score (nSPS) is 11.5. The van der Waals surface area contributed by atoms with Crippen molar-refractivity contribution in [1.29, 1.82) is 0 Å². The van der Waals surface area contributed by atoms with Gasteiger partial charge in [-0.2, -0.15) is 0 Å². The molecule has 0 aromatic heterocycles. The van der Waals surface area contributed by atoms with E-state index >= 15 is 0 Å². The molecule has 0 saturated carbocycles. The molecule has 110 valence electrons. The molecule has 4 nitrogen and oxygen atoms in total. The highest BCUT2D eigenvalue weighted by atomic mass is 16.5. The van der Waals surface area contributed by atoms with Gasteiger partial charge in [-0.15, -0.1) is 0 Å². The molecule has 2 rings (SSSR count). The summed E-state index contributed by atoms with van der Waals surface area (Å²) < 4.78 is 5.54. The van der Waals surface area contributed by atoms with Gasteiger partial charge in [0.15, 0.2) is 0 Å². The van der Waals surface area contributed by atoms with Crippen LogP contribution in [0.5, 0.6) is 5.75 Å². The Balaban J connectivity index is 2.01. The van der Waals surface area contributed by atoms with Gasteiger partial charge in [0.05, 0.1) is 12.3 Å². The summed E-state index contributed by atoms with van der Waals surface area (Å²) in [5.74, 6) is 0.659. The molecule has 0 heterocycles. The number of carbonyl (C=O) groups excluding carboxylic acids is 1. The monoisotopic (exact) mass is 284 g/mol. The maximum Gasteiger partial charge on any atom is 0.246 e. The number of rotatable bonds is 6. The van der Waals surface area contributed by atoms with Crippen LogP contribution in [0.4, 0.5) is 11.4 Å². The van der Waals surface area contributed by atoms with Crippen LogP contribution < -0.4 is 15.4 Å². The average Bonchev–Trinajstić information content (AvgIpc) is 2.50. The van der Waals surface area contributed by atoms with Gasteiger partial charge in [0.2, 0.25) is 5.91 Å². The van der Waals surface area contributed by atoms with Gasteiger partial charge in [-0.25, -0.2) is 0 Å². The lowest BCUT2D eigenvalue weighted by atomic mass is 10.2. The van der Waals surface area contributed by atoms with Gasteiger partial charge in [0.25, 0.3) is 0 Å². The number of anilines is 2. The van der Waals surface area contributed by atoms with Crippen molar-refractivity contribution < 1.29 is 9.53 Å². The zero-order valence-electron chi connectivity index (χ0n) is 12.3. The fourth-order valence-corrected chi connectivity index (χ4v) is 1.94. The molecule has 2 aromatic carbocycles. The Labute approximate surface area is 125 Å². The zero-order valence-corrected chi connectivity index (χ0v) is 12.3. The van der Waals surface area contributed by atoms with Gasteiger partial charge in [-0.05, 0) is 38.1 Å². The van der Waals surface area contributed by atoms with Crippen molar-refractivity contribution in [2.24, 2.45) is 0 Å². The van der Waals surface area contributed by atoms with Gasteiger partial charge in [-0.3, -0.25) is 4.79 Å². The number of carbonyl (C=O) groups is 1. The fourth-order valence-electron chi connectivity index (χ4n) is 1.94. The van der Waals surface area contributed by atoms with E-state index in [4.69, 9.17) is 4.74 Å². The molecule has 0 bridgehead atoms. The van der Waals surface area contributed by atoms with Crippen LogP contribution in [0.25, 0.3) is 0 Å². The molecule has 0 aliphatic rings. The van der Waals surface area contributed by atoms with E-state index in [1.54, 1.807) is 0 Å². The summed E-state index contributed by atoms with van der Waals surface area (Å²) in [6.45, 7) is 4.34. The Hall–Kier alpha value is -2.49. The highest BCUT2D eigenvalue weighted by molar-refractivity contribution is 5.96. The zero-order chi connectivity index (χ0) is 15.1. The van der Waals surface area contributed by atoms with E-state index in [2.05, 4.69) is 10.6 Å². The minimum atomic E-state index is -0.369. The van der Waals surface area contributed by atoms with Gasteiger partial charge in [0, 0.05) is 5.69 Å². The van der Waals surface area contributed by atoms with E-state index in [1.807, 2.05) is 68.4 Å². The first kappa shape index (κ1) is 14.9. The van der Waals surface area contributed by atoms with Crippen molar-refractivity contribution >= 4 is 17.3 Å². The summed E-state index contributed by atoms with van der Waals surface area (Å²) in [6.07, 6.45) is 0. The van der Waals surface area contributed by atoms with Crippen LogP contribution in [0.3, 0.4) is 0 Å². The smallest absolute Gasteiger partial charge is 0.246 e. The number of nitrogens with one attached hydrogen (secondary N) is 2. The quantitative estimate of drug-likeness (QED) is 0.853. The van der Waals surface area contributed by atoms with Crippen LogP contribution in [0, 0.1) is 0 Å². The molecule has 0 unspecified atom stereocenters. The first-order chi connectivity index (χ1) is 10.2. The SMILES string of the molecule is CCOc1ccccc1N[C@@H](C)C(=O)Nc1ccccc1. The van der Waals surface area contributed by atoms with Crippen LogP contribution in [0.1, 0.15) is 13.8 Å². The number of para-hydroxylation sites is 3. The molecule has 21 heavy (non-hydrogen) atoms. The third kappa shape index (κ3) is 4.24. The molecule has 0 spiro atoms. The Kier molecular flexibility index (Phi) is 5.21. The van der Waals surface area contributed by atoms with Crippen LogP contribution in [-0.4, -0.2) is 18.6 Å². The molecule has 0 aliphatic heterocycles. The van der Waals surface area contributed by atoms with E-state index in [0.717, 1.165) is 17.1 Å². The second-order valence-electron chi connectivity index (χ2n) is 4.65. The lowest BCUT2D eigenvalue weighted by Gasteiger charge is -2.17. The standard InChI is InChI=1S/C17H20N2O2/c1-3-21-16-12-8-7-11-15(16)18-13(2)17(20)19-14-9-5-4-6-10-14/h4-13,18H,3H2,1-2H3,(H,19,20)/t13-/m0/s1. The van der Waals surface area contributed by atoms with E-state index in [1.165, 1.54) is 0 Å². The maximum atomic E-state index is 12.2. The fraction of sp³-hybridized carbons (Fsp3) is 0.235. The Bertz CT molecular complexity index is 584. The van der Waals surface area contributed by atoms with Crippen LogP contribution in [-0.2, 0) is 4.79 Å². The first-order valence-corrected chi connectivity index (χ1v) is 7.05. The van der Waals surface area contributed by atoms with Crippen LogP contribution in [0.2, 0.25) is 0 Å². The summed E-state index contributed by atoms with van der Waals surface area (Å²) in [5.41, 5.74) is 1.60. The third-order valence-electron chi connectivity index (χ3n) is 2.99. The summed E-state index contributed by atoms with van der Waals surface area (Å²) in [4.78, 5) is 12.2. The van der Waals surface area contributed by atoms with Crippen LogP contribution >= 0.6 is 0 Å². The molecule has 0 fully saturated rings. The van der Waals surface area contributed by atoms with Crippen molar-refractivity contribution in [2.45, 2.75) is 19.9 Å². The molecular formula is C17H20N2O2. The van der Waals surface area contributed by atoms with Crippen molar-refractivity contribution in [2.75, 3.05) is 17.2 Å². The van der Waals surface area contributed by atoms with Crippen molar-refractivity contribution in [3.63, 3.8) is 0 Å². The molecule has 2 aromatic rings. The highest BCUT2D eigenvalue weighted by Gasteiger charge is 2.14. The van der Waals surface area contributed by atoms with Crippen LogP contribution in [0.15, 0.2) is 54.6 Å². The molecule has 4 heteroatoms. The van der Waals surface area contributed by atoms with E-state index in [9.17, 15) is 4.79 Å². The average molecular weight is 284 g/mol. The van der Waals surface area contributed by atoms with E-state index < -0.39 is 0 Å². The predicted octanol–water partition coefficient (Wildman–Crippen LogP) is 3.52. The maximum absolute atomic E-state index is 12.2.